The normalized spacial score (nSPS) is 10.7. The van der Waals surface area contributed by atoms with Gasteiger partial charge in [-0.15, -0.1) is 0 Å². The van der Waals surface area contributed by atoms with E-state index in [1.165, 1.54) is 23.8 Å². The quantitative estimate of drug-likeness (QED) is 0.464. The van der Waals surface area contributed by atoms with Gasteiger partial charge in [-0.1, -0.05) is 12.1 Å². The van der Waals surface area contributed by atoms with Crippen LogP contribution in [0.4, 0.5) is 4.39 Å². The van der Waals surface area contributed by atoms with E-state index < -0.39 is 5.97 Å². The summed E-state index contributed by atoms with van der Waals surface area (Å²) in [6.07, 6.45) is 8.04. The molecule has 2 rings (SSSR count). The standard InChI is InChI=1S/C17H16FNO2/c18-16-6-3-15(4-7-16)5-8-17(20)21-13-1-2-14-9-11-19-12-10-14/h3-12H,1-2,13H2/b8-5+. The first-order valence-corrected chi connectivity index (χ1v) is 6.73. The Labute approximate surface area is 123 Å². The minimum Gasteiger partial charge on any atom is -0.463 e. The van der Waals surface area contributed by atoms with Crippen molar-refractivity contribution in [1.82, 2.24) is 4.98 Å². The van der Waals surface area contributed by atoms with E-state index in [0.29, 0.717) is 6.61 Å². The van der Waals surface area contributed by atoms with Gasteiger partial charge in [0.15, 0.2) is 0 Å². The number of pyridine rings is 1. The zero-order valence-electron chi connectivity index (χ0n) is 11.5. The summed E-state index contributed by atoms with van der Waals surface area (Å²) in [6, 6.07) is 9.77. The summed E-state index contributed by atoms with van der Waals surface area (Å²) in [5.41, 5.74) is 1.92. The first-order chi connectivity index (χ1) is 10.2. The number of rotatable bonds is 6. The number of hydrogen-bond acceptors (Lipinski definition) is 3. The molecule has 0 saturated carbocycles. The van der Waals surface area contributed by atoms with Crippen molar-refractivity contribution < 1.29 is 13.9 Å². The zero-order chi connectivity index (χ0) is 14.9. The summed E-state index contributed by atoms with van der Waals surface area (Å²) in [4.78, 5) is 15.4. The minimum absolute atomic E-state index is 0.300. The lowest BCUT2D eigenvalue weighted by Gasteiger charge is -2.02. The van der Waals surface area contributed by atoms with Crippen molar-refractivity contribution in [3.05, 3.63) is 71.8 Å². The predicted molar refractivity (Wildman–Crippen MR) is 79.0 cm³/mol. The number of aryl methyl sites for hydroxylation is 1. The molecule has 0 aliphatic heterocycles. The highest BCUT2D eigenvalue weighted by Crippen LogP contribution is 2.05. The first-order valence-electron chi connectivity index (χ1n) is 6.73. The van der Waals surface area contributed by atoms with Gasteiger partial charge in [0.2, 0.25) is 0 Å². The highest BCUT2D eigenvalue weighted by Gasteiger charge is 1.98. The second kappa shape index (κ2) is 7.94. The Morgan fingerprint density at radius 2 is 1.86 bits per heavy atom. The maximum Gasteiger partial charge on any atom is 0.330 e. The SMILES string of the molecule is O=C(/C=C/c1ccc(F)cc1)OCCCc1ccncc1. The Morgan fingerprint density at radius 3 is 2.57 bits per heavy atom. The molecule has 0 aliphatic carbocycles. The van der Waals surface area contributed by atoms with Crippen molar-refractivity contribution in [2.75, 3.05) is 6.61 Å². The van der Waals surface area contributed by atoms with Crippen molar-refractivity contribution >= 4 is 12.0 Å². The van der Waals surface area contributed by atoms with Crippen molar-refractivity contribution in [3.8, 4) is 0 Å². The van der Waals surface area contributed by atoms with Gasteiger partial charge in [-0.3, -0.25) is 4.98 Å². The van der Waals surface area contributed by atoms with E-state index in [1.54, 1.807) is 30.6 Å². The van der Waals surface area contributed by atoms with E-state index in [9.17, 15) is 9.18 Å². The maximum absolute atomic E-state index is 12.7. The Kier molecular flexibility index (Phi) is 5.64. The van der Waals surface area contributed by atoms with Crippen molar-refractivity contribution in [3.63, 3.8) is 0 Å². The smallest absolute Gasteiger partial charge is 0.330 e. The fourth-order valence-electron chi connectivity index (χ4n) is 1.78. The van der Waals surface area contributed by atoms with Crippen LogP contribution in [0.2, 0.25) is 0 Å². The van der Waals surface area contributed by atoms with Crippen LogP contribution >= 0.6 is 0 Å². The van der Waals surface area contributed by atoms with Crippen LogP contribution < -0.4 is 0 Å². The molecule has 0 bridgehead atoms. The molecule has 0 fully saturated rings. The molecule has 0 N–H and O–H groups in total. The van der Waals surface area contributed by atoms with Gasteiger partial charge >= 0.3 is 5.97 Å². The van der Waals surface area contributed by atoms with Gasteiger partial charge in [0.25, 0.3) is 0 Å². The van der Waals surface area contributed by atoms with Crippen LogP contribution in [0.25, 0.3) is 6.08 Å². The average molecular weight is 285 g/mol. The molecule has 108 valence electrons. The lowest BCUT2D eigenvalue weighted by Crippen LogP contribution is -2.03. The highest BCUT2D eigenvalue weighted by atomic mass is 19.1. The molecule has 0 unspecified atom stereocenters. The molecular weight excluding hydrogens is 269 g/mol. The topological polar surface area (TPSA) is 39.2 Å². The lowest BCUT2D eigenvalue weighted by molar-refractivity contribution is -0.137. The second-order valence-corrected chi connectivity index (χ2v) is 4.51. The Bertz CT molecular complexity index is 594. The number of carbonyl (C=O) groups excluding carboxylic acids is 1. The molecule has 3 nitrogen and oxygen atoms in total. The molecular formula is C17H16FNO2. The van der Waals surface area contributed by atoms with Gasteiger partial charge < -0.3 is 4.74 Å². The number of esters is 1. The third kappa shape index (κ3) is 5.57. The van der Waals surface area contributed by atoms with Gasteiger partial charge in [0.1, 0.15) is 5.82 Å². The number of ether oxygens (including phenoxy) is 1. The molecule has 0 atom stereocenters. The third-order valence-corrected chi connectivity index (χ3v) is 2.89. The van der Waals surface area contributed by atoms with Crippen LogP contribution in [0.15, 0.2) is 54.9 Å². The summed E-state index contributed by atoms with van der Waals surface area (Å²) in [5.74, 6) is -0.695. The largest absolute Gasteiger partial charge is 0.463 e. The highest BCUT2D eigenvalue weighted by molar-refractivity contribution is 5.86. The van der Waals surface area contributed by atoms with Crippen molar-refractivity contribution in [2.24, 2.45) is 0 Å². The van der Waals surface area contributed by atoms with Crippen molar-refractivity contribution in [1.29, 1.82) is 0 Å². The van der Waals surface area contributed by atoms with Crippen LogP contribution in [-0.4, -0.2) is 17.6 Å². The number of carbonyl (C=O) groups is 1. The molecule has 0 spiro atoms. The molecule has 1 aromatic carbocycles. The van der Waals surface area contributed by atoms with Crippen LogP contribution in [0.1, 0.15) is 17.5 Å². The van der Waals surface area contributed by atoms with E-state index in [-0.39, 0.29) is 5.82 Å². The van der Waals surface area contributed by atoms with E-state index in [4.69, 9.17) is 4.74 Å². The van der Waals surface area contributed by atoms with Crippen LogP contribution in [0, 0.1) is 5.82 Å². The van der Waals surface area contributed by atoms with Crippen LogP contribution in [0.3, 0.4) is 0 Å². The Hall–Kier alpha value is -2.49. The van der Waals surface area contributed by atoms with Crippen LogP contribution in [-0.2, 0) is 16.0 Å². The van der Waals surface area contributed by atoms with Gasteiger partial charge in [-0.25, -0.2) is 9.18 Å². The van der Waals surface area contributed by atoms with Gasteiger partial charge in [-0.2, -0.15) is 0 Å². The molecule has 2 aromatic rings. The second-order valence-electron chi connectivity index (χ2n) is 4.51. The fourth-order valence-corrected chi connectivity index (χ4v) is 1.78. The summed E-state index contributed by atoms with van der Waals surface area (Å²) in [5, 5.41) is 0. The lowest BCUT2D eigenvalue weighted by atomic mass is 10.1. The number of aromatic nitrogens is 1. The van der Waals surface area contributed by atoms with Crippen molar-refractivity contribution in [2.45, 2.75) is 12.8 Å². The number of nitrogens with zero attached hydrogens (tertiary/aromatic N) is 1. The molecule has 1 aromatic heterocycles. The third-order valence-electron chi connectivity index (χ3n) is 2.89. The van der Waals surface area contributed by atoms with E-state index in [2.05, 4.69) is 4.98 Å². The average Bonchev–Trinajstić information content (AvgIpc) is 2.52. The molecule has 0 saturated heterocycles. The van der Waals surface area contributed by atoms with Gasteiger partial charge in [-0.05, 0) is 54.3 Å². The molecule has 1 heterocycles. The van der Waals surface area contributed by atoms with Crippen LogP contribution in [0.5, 0.6) is 0 Å². The minimum atomic E-state index is -0.394. The summed E-state index contributed by atoms with van der Waals surface area (Å²) in [7, 11) is 0. The Balaban J connectivity index is 1.69. The summed E-state index contributed by atoms with van der Waals surface area (Å²) >= 11 is 0. The maximum atomic E-state index is 12.7. The number of benzene rings is 1. The number of hydrogen-bond donors (Lipinski definition) is 0. The Morgan fingerprint density at radius 1 is 1.14 bits per heavy atom. The van der Waals surface area contributed by atoms with E-state index in [0.717, 1.165) is 18.4 Å². The number of halogens is 1. The monoisotopic (exact) mass is 285 g/mol. The molecule has 0 amide bonds. The van der Waals surface area contributed by atoms with E-state index >= 15 is 0 Å². The van der Waals surface area contributed by atoms with Gasteiger partial charge in [0.05, 0.1) is 6.61 Å². The predicted octanol–water partition coefficient (Wildman–Crippen LogP) is 3.41. The molecule has 21 heavy (non-hydrogen) atoms. The molecule has 0 radical (unpaired) electrons. The van der Waals surface area contributed by atoms with E-state index in [1.807, 2.05) is 12.1 Å². The fraction of sp³-hybridized carbons (Fsp3) is 0.176. The summed E-state index contributed by atoms with van der Waals surface area (Å²) in [6.45, 7) is 0.370. The molecule has 0 aliphatic rings. The molecule has 4 heteroatoms. The first kappa shape index (κ1) is 14.9. The summed E-state index contributed by atoms with van der Waals surface area (Å²) < 4.78 is 17.8. The zero-order valence-corrected chi connectivity index (χ0v) is 11.5. The van der Waals surface area contributed by atoms with Gasteiger partial charge in [0, 0.05) is 18.5 Å².